The van der Waals surface area contributed by atoms with Crippen molar-refractivity contribution >= 4 is 17.3 Å². The SMILES string of the molecule is CCn1cc(CNc2cccc(N3CCCC3=O)c2)cn1. The Morgan fingerprint density at radius 1 is 1.38 bits per heavy atom. The van der Waals surface area contributed by atoms with E-state index in [1.807, 2.05) is 46.2 Å². The summed E-state index contributed by atoms with van der Waals surface area (Å²) >= 11 is 0. The molecule has 5 nitrogen and oxygen atoms in total. The molecule has 1 aliphatic heterocycles. The summed E-state index contributed by atoms with van der Waals surface area (Å²) in [6.07, 6.45) is 5.53. The predicted octanol–water partition coefficient (Wildman–Crippen LogP) is 2.64. The van der Waals surface area contributed by atoms with E-state index in [1.54, 1.807) is 0 Å². The minimum absolute atomic E-state index is 0.219. The number of hydrogen-bond donors (Lipinski definition) is 1. The van der Waals surface area contributed by atoms with E-state index in [-0.39, 0.29) is 5.91 Å². The van der Waals surface area contributed by atoms with Gasteiger partial charge in [-0.1, -0.05) is 6.07 Å². The first-order valence-corrected chi connectivity index (χ1v) is 7.42. The molecule has 0 bridgehead atoms. The van der Waals surface area contributed by atoms with E-state index in [9.17, 15) is 4.79 Å². The van der Waals surface area contributed by atoms with Crippen LogP contribution < -0.4 is 10.2 Å². The zero-order valence-electron chi connectivity index (χ0n) is 12.2. The number of benzene rings is 1. The molecule has 1 amide bonds. The fourth-order valence-electron chi connectivity index (χ4n) is 2.58. The number of nitrogens with one attached hydrogen (secondary N) is 1. The molecule has 2 aromatic rings. The maximum atomic E-state index is 11.8. The second-order valence-electron chi connectivity index (χ2n) is 5.26. The van der Waals surface area contributed by atoms with Crippen molar-refractivity contribution in [1.82, 2.24) is 9.78 Å². The number of anilines is 2. The number of amides is 1. The molecule has 1 saturated heterocycles. The van der Waals surface area contributed by atoms with Crippen molar-refractivity contribution in [2.24, 2.45) is 0 Å². The first-order valence-electron chi connectivity index (χ1n) is 7.42. The van der Waals surface area contributed by atoms with Crippen molar-refractivity contribution in [2.75, 3.05) is 16.8 Å². The van der Waals surface area contributed by atoms with Crippen molar-refractivity contribution in [1.29, 1.82) is 0 Å². The molecule has 110 valence electrons. The molecule has 1 aliphatic rings. The van der Waals surface area contributed by atoms with Gasteiger partial charge in [0.05, 0.1) is 6.20 Å². The van der Waals surface area contributed by atoms with Crippen LogP contribution in [0.4, 0.5) is 11.4 Å². The second-order valence-corrected chi connectivity index (χ2v) is 5.26. The Hall–Kier alpha value is -2.30. The largest absolute Gasteiger partial charge is 0.381 e. The van der Waals surface area contributed by atoms with Gasteiger partial charge in [0.2, 0.25) is 5.91 Å². The molecule has 1 N–H and O–H groups in total. The third kappa shape index (κ3) is 3.07. The van der Waals surface area contributed by atoms with Crippen LogP contribution in [0.25, 0.3) is 0 Å². The lowest BCUT2D eigenvalue weighted by atomic mass is 10.2. The van der Waals surface area contributed by atoms with Crippen molar-refractivity contribution in [2.45, 2.75) is 32.9 Å². The van der Waals surface area contributed by atoms with Crippen LogP contribution in [0.1, 0.15) is 25.3 Å². The standard InChI is InChI=1S/C16H20N4O/c1-2-19-12-13(11-18-19)10-17-14-5-3-6-15(9-14)20-8-4-7-16(20)21/h3,5-6,9,11-12,17H,2,4,7-8,10H2,1H3. The molecule has 0 saturated carbocycles. The Balaban J connectivity index is 1.67. The first kappa shape index (κ1) is 13.7. The summed E-state index contributed by atoms with van der Waals surface area (Å²) < 4.78 is 1.91. The Kier molecular flexibility index (Phi) is 3.90. The molecule has 1 aromatic carbocycles. The maximum absolute atomic E-state index is 11.8. The average Bonchev–Trinajstić information content (AvgIpc) is 3.14. The minimum atomic E-state index is 0.219. The molecule has 3 rings (SSSR count). The molecule has 0 radical (unpaired) electrons. The molecular weight excluding hydrogens is 264 g/mol. The van der Waals surface area contributed by atoms with Gasteiger partial charge in [-0.2, -0.15) is 5.10 Å². The van der Waals surface area contributed by atoms with E-state index in [1.165, 1.54) is 0 Å². The van der Waals surface area contributed by atoms with Crippen LogP contribution in [-0.4, -0.2) is 22.2 Å². The zero-order valence-corrected chi connectivity index (χ0v) is 12.2. The highest BCUT2D eigenvalue weighted by atomic mass is 16.2. The zero-order chi connectivity index (χ0) is 14.7. The molecule has 5 heteroatoms. The lowest BCUT2D eigenvalue weighted by molar-refractivity contribution is -0.117. The highest BCUT2D eigenvalue weighted by Gasteiger charge is 2.21. The van der Waals surface area contributed by atoms with E-state index in [0.29, 0.717) is 6.42 Å². The highest BCUT2D eigenvalue weighted by molar-refractivity contribution is 5.95. The monoisotopic (exact) mass is 284 g/mol. The van der Waals surface area contributed by atoms with Crippen molar-refractivity contribution < 1.29 is 4.79 Å². The second kappa shape index (κ2) is 5.99. The van der Waals surface area contributed by atoms with Gasteiger partial charge >= 0.3 is 0 Å². The number of aryl methyl sites for hydroxylation is 1. The molecular formula is C16H20N4O. The lowest BCUT2D eigenvalue weighted by Gasteiger charge is -2.17. The quantitative estimate of drug-likeness (QED) is 0.918. The first-order chi connectivity index (χ1) is 10.3. The van der Waals surface area contributed by atoms with Gasteiger partial charge in [-0.25, -0.2) is 0 Å². The van der Waals surface area contributed by atoms with E-state index in [0.717, 1.165) is 43.0 Å². The van der Waals surface area contributed by atoms with Gasteiger partial charge in [-0.05, 0) is 31.5 Å². The number of nitrogens with zero attached hydrogens (tertiary/aromatic N) is 3. The summed E-state index contributed by atoms with van der Waals surface area (Å²) in [5.41, 5.74) is 3.16. The Labute approximate surface area is 124 Å². The lowest BCUT2D eigenvalue weighted by Crippen LogP contribution is -2.23. The van der Waals surface area contributed by atoms with Crippen LogP contribution in [0.3, 0.4) is 0 Å². The van der Waals surface area contributed by atoms with Crippen molar-refractivity contribution in [3.8, 4) is 0 Å². The van der Waals surface area contributed by atoms with Gasteiger partial charge in [0.25, 0.3) is 0 Å². The van der Waals surface area contributed by atoms with E-state index in [2.05, 4.69) is 17.3 Å². The highest BCUT2D eigenvalue weighted by Crippen LogP contribution is 2.24. The molecule has 0 spiro atoms. The van der Waals surface area contributed by atoms with Gasteiger partial charge < -0.3 is 10.2 Å². The van der Waals surface area contributed by atoms with Crippen LogP contribution in [0.2, 0.25) is 0 Å². The molecule has 0 atom stereocenters. The van der Waals surface area contributed by atoms with E-state index < -0.39 is 0 Å². The van der Waals surface area contributed by atoms with Crippen molar-refractivity contribution in [3.63, 3.8) is 0 Å². The fourth-order valence-corrected chi connectivity index (χ4v) is 2.58. The van der Waals surface area contributed by atoms with Gasteiger partial charge in [-0.3, -0.25) is 9.48 Å². The normalized spacial score (nSPS) is 14.7. The van der Waals surface area contributed by atoms with Crippen LogP contribution in [-0.2, 0) is 17.9 Å². The van der Waals surface area contributed by atoms with Gasteiger partial charge in [-0.15, -0.1) is 0 Å². The van der Waals surface area contributed by atoms with E-state index >= 15 is 0 Å². The van der Waals surface area contributed by atoms with Crippen LogP contribution in [0, 0.1) is 0 Å². The van der Waals surface area contributed by atoms with Crippen LogP contribution >= 0.6 is 0 Å². The average molecular weight is 284 g/mol. The molecule has 0 unspecified atom stereocenters. The Morgan fingerprint density at radius 2 is 2.29 bits per heavy atom. The van der Waals surface area contributed by atoms with Gasteiger partial charge in [0.1, 0.15) is 0 Å². The van der Waals surface area contributed by atoms with E-state index in [4.69, 9.17) is 0 Å². The Morgan fingerprint density at radius 3 is 3.00 bits per heavy atom. The number of carbonyl (C=O) groups is 1. The number of carbonyl (C=O) groups excluding carboxylic acids is 1. The molecule has 1 aromatic heterocycles. The molecule has 1 fully saturated rings. The Bertz CT molecular complexity index is 635. The predicted molar refractivity (Wildman–Crippen MR) is 83.3 cm³/mol. The van der Waals surface area contributed by atoms with Gasteiger partial charge in [0.15, 0.2) is 0 Å². The van der Waals surface area contributed by atoms with Gasteiger partial charge in [0, 0.05) is 49.2 Å². The number of rotatable bonds is 5. The summed E-state index contributed by atoms with van der Waals surface area (Å²) in [5.74, 6) is 0.219. The molecule has 0 aliphatic carbocycles. The van der Waals surface area contributed by atoms with Crippen molar-refractivity contribution in [3.05, 3.63) is 42.2 Å². The summed E-state index contributed by atoms with van der Waals surface area (Å²) in [5, 5.41) is 7.65. The summed E-state index contributed by atoms with van der Waals surface area (Å²) in [7, 11) is 0. The maximum Gasteiger partial charge on any atom is 0.227 e. The fraction of sp³-hybridized carbons (Fsp3) is 0.375. The molecule has 2 heterocycles. The summed E-state index contributed by atoms with van der Waals surface area (Å²) in [6, 6.07) is 8.03. The number of hydrogen-bond acceptors (Lipinski definition) is 3. The summed E-state index contributed by atoms with van der Waals surface area (Å²) in [6.45, 7) is 4.51. The smallest absolute Gasteiger partial charge is 0.227 e. The van der Waals surface area contributed by atoms with Crippen LogP contribution in [0.5, 0.6) is 0 Å². The number of aromatic nitrogens is 2. The van der Waals surface area contributed by atoms with Crippen LogP contribution in [0.15, 0.2) is 36.7 Å². The topological polar surface area (TPSA) is 50.2 Å². The third-order valence-corrected chi connectivity index (χ3v) is 3.74. The molecule has 21 heavy (non-hydrogen) atoms. The minimum Gasteiger partial charge on any atom is -0.381 e. The third-order valence-electron chi connectivity index (χ3n) is 3.74. The summed E-state index contributed by atoms with van der Waals surface area (Å²) in [4.78, 5) is 13.7.